The summed E-state index contributed by atoms with van der Waals surface area (Å²) < 4.78 is 14.5. The lowest BCUT2D eigenvalue weighted by Crippen LogP contribution is -2.57. The number of hydrazine groups is 1. The highest BCUT2D eigenvalue weighted by molar-refractivity contribution is 6.00. The van der Waals surface area contributed by atoms with Crippen LogP contribution in [0.3, 0.4) is 0 Å². The van der Waals surface area contributed by atoms with Crippen LogP contribution >= 0.6 is 0 Å². The minimum absolute atomic E-state index is 0.164. The number of amides is 4. The van der Waals surface area contributed by atoms with Crippen LogP contribution in [0.25, 0.3) is 0 Å². The molecule has 0 aromatic heterocycles. The molecule has 8 heteroatoms. The number of carbonyl (C=O) groups excluding carboxylic acids is 3. The minimum atomic E-state index is -1.02. The number of urea groups is 1. The van der Waals surface area contributed by atoms with Crippen molar-refractivity contribution in [3.05, 3.63) is 101 Å². The molecule has 1 aliphatic rings. The number of rotatable bonds is 6. The lowest BCUT2D eigenvalue weighted by molar-refractivity contribution is -0.145. The summed E-state index contributed by atoms with van der Waals surface area (Å²) in [4.78, 5) is 42.0. The minimum Gasteiger partial charge on any atom is -0.351 e. The van der Waals surface area contributed by atoms with Crippen molar-refractivity contribution in [1.82, 2.24) is 10.4 Å². The summed E-state index contributed by atoms with van der Waals surface area (Å²) in [5.41, 5.74) is 11.3. The van der Waals surface area contributed by atoms with Gasteiger partial charge in [-0.25, -0.2) is 14.2 Å². The van der Waals surface area contributed by atoms with E-state index in [1.165, 1.54) is 22.0 Å². The van der Waals surface area contributed by atoms with Crippen LogP contribution in [0.1, 0.15) is 68.7 Å². The van der Waals surface area contributed by atoms with Gasteiger partial charge in [0.15, 0.2) is 0 Å². The second kappa shape index (κ2) is 11.9. The Bertz CT molecular complexity index is 1370. The van der Waals surface area contributed by atoms with E-state index in [1.54, 1.807) is 30.3 Å². The van der Waals surface area contributed by atoms with Crippen LogP contribution in [0.2, 0.25) is 0 Å². The first-order valence-corrected chi connectivity index (χ1v) is 13.5. The normalized spacial score (nSPS) is 19.6. The SMILES string of the molecule is Cc1cccc(N(C(N)=O)[C@@H]2C[C@H](c3ccccc3)CC(c3cccc(F)c3)N(NC(=O)CC(C)(C)C)C2=O)c1. The third kappa shape index (κ3) is 6.86. The molecule has 1 fully saturated rings. The molecular formula is C32H37FN4O3. The molecule has 0 saturated carbocycles. The zero-order valence-corrected chi connectivity index (χ0v) is 23.4. The molecule has 40 heavy (non-hydrogen) atoms. The van der Waals surface area contributed by atoms with Crippen LogP contribution in [0, 0.1) is 18.2 Å². The molecule has 1 unspecified atom stereocenters. The summed E-state index contributed by atoms with van der Waals surface area (Å²) in [6.45, 7) is 7.69. The number of hydrogen-bond donors (Lipinski definition) is 2. The Hall–Kier alpha value is -4.20. The Labute approximate surface area is 235 Å². The molecule has 0 radical (unpaired) electrons. The Kier molecular flexibility index (Phi) is 8.57. The van der Waals surface area contributed by atoms with Crippen molar-refractivity contribution in [1.29, 1.82) is 0 Å². The molecule has 3 aromatic carbocycles. The second-order valence-corrected chi connectivity index (χ2v) is 11.7. The monoisotopic (exact) mass is 544 g/mol. The highest BCUT2D eigenvalue weighted by atomic mass is 19.1. The fourth-order valence-corrected chi connectivity index (χ4v) is 5.39. The van der Waals surface area contributed by atoms with Crippen molar-refractivity contribution >= 4 is 23.5 Å². The van der Waals surface area contributed by atoms with Gasteiger partial charge in [0.2, 0.25) is 5.91 Å². The van der Waals surface area contributed by atoms with Crippen LogP contribution in [0.15, 0.2) is 78.9 Å². The van der Waals surface area contributed by atoms with E-state index >= 15 is 0 Å². The predicted molar refractivity (Wildman–Crippen MR) is 154 cm³/mol. The maximum absolute atomic E-state index is 14.5. The topological polar surface area (TPSA) is 95.7 Å². The molecule has 0 spiro atoms. The highest BCUT2D eigenvalue weighted by Gasteiger charge is 2.43. The molecule has 3 atom stereocenters. The number of benzene rings is 3. The smallest absolute Gasteiger partial charge is 0.320 e. The van der Waals surface area contributed by atoms with Gasteiger partial charge in [0, 0.05) is 12.1 Å². The fourth-order valence-electron chi connectivity index (χ4n) is 5.39. The number of carbonyl (C=O) groups is 3. The van der Waals surface area contributed by atoms with E-state index in [2.05, 4.69) is 5.43 Å². The van der Waals surface area contributed by atoms with Crippen molar-refractivity contribution in [3.63, 3.8) is 0 Å². The number of halogens is 1. The third-order valence-electron chi connectivity index (χ3n) is 7.12. The van der Waals surface area contributed by atoms with Gasteiger partial charge in [-0.1, -0.05) is 75.4 Å². The third-order valence-corrected chi connectivity index (χ3v) is 7.12. The number of hydrogen-bond acceptors (Lipinski definition) is 3. The molecule has 0 bridgehead atoms. The first kappa shape index (κ1) is 28.8. The van der Waals surface area contributed by atoms with Crippen LogP contribution in [0.4, 0.5) is 14.9 Å². The summed E-state index contributed by atoms with van der Waals surface area (Å²) in [6, 6.07) is 20.5. The summed E-state index contributed by atoms with van der Waals surface area (Å²) in [5.74, 6) is -1.49. The van der Waals surface area contributed by atoms with Crippen molar-refractivity contribution in [2.75, 3.05) is 4.90 Å². The van der Waals surface area contributed by atoms with Crippen molar-refractivity contribution in [3.8, 4) is 0 Å². The molecule has 0 aliphatic carbocycles. The lowest BCUT2D eigenvalue weighted by Gasteiger charge is -2.35. The highest BCUT2D eigenvalue weighted by Crippen LogP contribution is 2.40. The van der Waals surface area contributed by atoms with Gasteiger partial charge in [-0.05, 0) is 72.1 Å². The van der Waals surface area contributed by atoms with Crippen LogP contribution in [-0.2, 0) is 9.59 Å². The summed E-state index contributed by atoms with van der Waals surface area (Å²) in [5, 5.41) is 1.29. The number of primary amides is 1. The number of aryl methyl sites for hydroxylation is 1. The first-order valence-electron chi connectivity index (χ1n) is 13.5. The summed E-state index contributed by atoms with van der Waals surface area (Å²) in [6.07, 6.45) is 0.819. The van der Waals surface area contributed by atoms with E-state index in [-0.39, 0.29) is 30.1 Å². The standard InChI is InChI=1S/C32H37FN4O3/c1-21-10-8-15-26(16-21)36(31(34)40)28-19-24(22-11-6-5-7-12-22)18-27(23-13-9-14-25(33)17-23)37(30(28)39)35-29(38)20-32(2,3)4/h5-17,24,27-28H,18-20H2,1-4H3,(H2,34,40)(H,35,38)/t24-,27?,28-/m1/s1. The molecular weight excluding hydrogens is 507 g/mol. The van der Waals surface area contributed by atoms with Gasteiger partial charge >= 0.3 is 6.03 Å². The molecule has 4 rings (SSSR count). The number of nitrogens with one attached hydrogen (secondary N) is 1. The Morgan fingerprint density at radius 2 is 1.65 bits per heavy atom. The molecule has 1 aliphatic heterocycles. The quantitative estimate of drug-likeness (QED) is 0.398. The van der Waals surface area contributed by atoms with Gasteiger partial charge in [-0.3, -0.25) is 19.9 Å². The van der Waals surface area contributed by atoms with E-state index in [0.29, 0.717) is 17.7 Å². The number of anilines is 1. The second-order valence-electron chi connectivity index (χ2n) is 11.7. The van der Waals surface area contributed by atoms with Crippen molar-refractivity contribution < 1.29 is 18.8 Å². The average molecular weight is 545 g/mol. The molecule has 1 saturated heterocycles. The van der Waals surface area contributed by atoms with E-state index in [1.807, 2.05) is 64.1 Å². The molecule has 4 amide bonds. The Balaban J connectivity index is 1.87. The van der Waals surface area contributed by atoms with Gasteiger partial charge in [0.05, 0.1) is 6.04 Å². The van der Waals surface area contributed by atoms with E-state index < -0.39 is 29.8 Å². The first-order chi connectivity index (χ1) is 18.9. The molecule has 3 aromatic rings. The fraction of sp³-hybridized carbons (Fsp3) is 0.344. The van der Waals surface area contributed by atoms with Crippen LogP contribution in [0.5, 0.6) is 0 Å². The van der Waals surface area contributed by atoms with Gasteiger partial charge in [-0.15, -0.1) is 0 Å². The van der Waals surface area contributed by atoms with E-state index in [9.17, 15) is 18.8 Å². The van der Waals surface area contributed by atoms with Crippen LogP contribution in [-0.4, -0.2) is 28.9 Å². The molecule has 210 valence electrons. The predicted octanol–water partition coefficient (Wildman–Crippen LogP) is 6.00. The Morgan fingerprint density at radius 1 is 0.975 bits per heavy atom. The zero-order chi connectivity index (χ0) is 29.0. The largest absolute Gasteiger partial charge is 0.351 e. The van der Waals surface area contributed by atoms with Gasteiger partial charge in [0.25, 0.3) is 5.91 Å². The molecule has 3 N–H and O–H groups in total. The van der Waals surface area contributed by atoms with Gasteiger partial charge in [-0.2, -0.15) is 0 Å². The number of nitrogens with two attached hydrogens (primary N) is 1. The van der Waals surface area contributed by atoms with E-state index in [4.69, 9.17) is 5.73 Å². The zero-order valence-electron chi connectivity index (χ0n) is 23.4. The van der Waals surface area contributed by atoms with Crippen molar-refractivity contribution in [2.45, 2.75) is 65.0 Å². The van der Waals surface area contributed by atoms with Crippen molar-refractivity contribution in [2.24, 2.45) is 11.1 Å². The maximum Gasteiger partial charge on any atom is 0.320 e. The summed E-state index contributed by atoms with van der Waals surface area (Å²) >= 11 is 0. The van der Waals surface area contributed by atoms with Gasteiger partial charge < -0.3 is 5.73 Å². The molecule has 1 heterocycles. The average Bonchev–Trinajstić information content (AvgIpc) is 3.01. The van der Waals surface area contributed by atoms with Gasteiger partial charge in [0.1, 0.15) is 11.9 Å². The molecule has 7 nitrogen and oxygen atoms in total. The lowest BCUT2D eigenvalue weighted by atomic mass is 9.86. The number of nitrogens with zero attached hydrogens (tertiary/aromatic N) is 2. The van der Waals surface area contributed by atoms with E-state index in [0.717, 1.165) is 11.1 Å². The summed E-state index contributed by atoms with van der Waals surface area (Å²) in [7, 11) is 0. The maximum atomic E-state index is 14.5. The Morgan fingerprint density at radius 3 is 2.27 bits per heavy atom. The van der Waals surface area contributed by atoms with Crippen LogP contribution < -0.4 is 16.1 Å².